The average Bonchev–Trinajstić information content (AvgIpc) is 2.00. The standard InChI is InChI=1S/C11H12BrNO/c1-8-3-4-9(10(12)7-8)11(14)13-5-2-6-13/h3-4,7H,2,5-6H2,1H3. The molecule has 0 radical (unpaired) electrons. The van der Waals surface area contributed by atoms with Crippen LogP contribution in [0, 0.1) is 6.92 Å². The van der Waals surface area contributed by atoms with Gasteiger partial charge in [-0.1, -0.05) is 6.07 Å². The Morgan fingerprint density at radius 1 is 1.43 bits per heavy atom. The van der Waals surface area contributed by atoms with Gasteiger partial charge in [-0.2, -0.15) is 0 Å². The number of carbonyl (C=O) groups is 1. The topological polar surface area (TPSA) is 20.3 Å². The first-order valence-corrected chi connectivity index (χ1v) is 5.53. The molecule has 1 aromatic carbocycles. The predicted molar refractivity (Wildman–Crippen MR) is 59.4 cm³/mol. The van der Waals surface area contributed by atoms with E-state index in [1.807, 2.05) is 30.0 Å². The zero-order valence-electron chi connectivity index (χ0n) is 8.09. The van der Waals surface area contributed by atoms with Crippen molar-refractivity contribution >= 4 is 21.8 Å². The van der Waals surface area contributed by atoms with Crippen LogP contribution in [0.2, 0.25) is 0 Å². The second-order valence-electron chi connectivity index (χ2n) is 3.63. The van der Waals surface area contributed by atoms with Gasteiger partial charge in [-0.15, -0.1) is 0 Å². The zero-order chi connectivity index (χ0) is 10.1. The number of carbonyl (C=O) groups excluding carboxylic acids is 1. The van der Waals surface area contributed by atoms with Crippen LogP contribution in [-0.2, 0) is 0 Å². The maximum atomic E-state index is 11.9. The molecule has 14 heavy (non-hydrogen) atoms. The Labute approximate surface area is 92.0 Å². The van der Waals surface area contributed by atoms with Gasteiger partial charge in [0.2, 0.25) is 0 Å². The molecule has 2 rings (SSSR count). The molecule has 0 N–H and O–H groups in total. The molecule has 2 nitrogen and oxygen atoms in total. The van der Waals surface area contributed by atoms with Crippen LogP contribution in [0.5, 0.6) is 0 Å². The van der Waals surface area contributed by atoms with Crippen molar-refractivity contribution in [2.45, 2.75) is 13.3 Å². The number of rotatable bonds is 1. The molecule has 3 heteroatoms. The fraction of sp³-hybridized carbons (Fsp3) is 0.364. The number of benzene rings is 1. The van der Waals surface area contributed by atoms with Crippen LogP contribution in [0.15, 0.2) is 22.7 Å². The largest absolute Gasteiger partial charge is 0.338 e. The fourth-order valence-corrected chi connectivity index (χ4v) is 2.15. The van der Waals surface area contributed by atoms with Gasteiger partial charge in [0.05, 0.1) is 5.56 Å². The van der Waals surface area contributed by atoms with E-state index in [1.165, 1.54) is 0 Å². The van der Waals surface area contributed by atoms with E-state index in [-0.39, 0.29) is 5.91 Å². The molecule has 0 bridgehead atoms. The second-order valence-corrected chi connectivity index (χ2v) is 4.48. The van der Waals surface area contributed by atoms with Gasteiger partial charge in [-0.05, 0) is 47.0 Å². The van der Waals surface area contributed by atoms with E-state index in [9.17, 15) is 4.79 Å². The molecule has 0 spiro atoms. The lowest BCUT2D eigenvalue weighted by atomic mass is 10.1. The van der Waals surface area contributed by atoms with Gasteiger partial charge < -0.3 is 4.90 Å². The van der Waals surface area contributed by atoms with Gasteiger partial charge >= 0.3 is 0 Å². The minimum atomic E-state index is 0.142. The van der Waals surface area contributed by atoms with E-state index in [1.54, 1.807) is 0 Å². The maximum absolute atomic E-state index is 11.9. The lowest BCUT2D eigenvalue weighted by Gasteiger charge is -2.31. The van der Waals surface area contributed by atoms with Crippen molar-refractivity contribution in [3.05, 3.63) is 33.8 Å². The summed E-state index contributed by atoms with van der Waals surface area (Å²) in [7, 11) is 0. The molecular formula is C11H12BrNO. The fourth-order valence-electron chi connectivity index (χ4n) is 1.48. The quantitative estimate of drug-likeness (QED) is 0.754. The summed E-state index contributed by atoms with van der Waals surface area (Å²) in [5, 5.41) is 0. The molecule has 1 aliphatic rings. The second kappa shape index (κ2) is 3.73. The molecule has 0 atom stereocenters. The summed E-state index contributed by atoms with van der Waals surface area (Å²) < 4.78 is 0.898. The lowest BCUT2D eigenvalue weighted by molar-refractivity contribution is 0.0651. The van der Waals surface area contributed by atoms with Crippen molar-refractivity contribution in [3.8, 4) is 0 Å². The van der Waals surface area contributed by atoms with E-state index in [2.05, 4.69) is 15.9 Å². The molecule has 1 fully saturated rings. The third kappa shape index (κ3) is 1.69. The Bertz CT molecular complexity index is 372. The highest BCUT2D eigenvalue weighted by Gasteiger charge is 2.22. The maximum Gasteiger partial charge on any atom is 0.254 e. The summed E-state index contributed by atoms with van der Waals surface area (Å²) >= 11 is 3.42. The summed E-state index contributed by atoms with van der Waals surface area (Å²) in [6, 6.07) is 5.84. The zero-order valence-corrected chi connectivity index (χ0v) is 9.67. The summed E-state index contributed by atoms with van der Waals surface area (Å²) in [5.41, 5.74) is 1.94. The van der Waals surface area contributed by atoms with E-state index >= 15 is 0 Å². The van der Waals surface area contributed by atoms with E-state index in [4.69, 9.17) is 0 Å². The minimum absolute atomic E-state index is 0.142. The van der Waals surface area contributed by atoms with Crippen LogP contribution >= 0.6 is 15.9 Å². The highest BCUT2D eigenvalue weighted by molar-refractivity contribution is 9.10. The van der Waals surface area contributed by atoms with Crippen LogP contribution < -0.4 is 0 Å². The Kier molecular flexibility index (Phi) is 2.59. The third-order valence-electron chi connectivity index (χ3n) is 2.50. The van der Waals surface area contributed by atoms with Crippen LogP contribution in [0.3, 0.4) is 0 Å². The number of amides is 1. The minimum Gasteiger partial charge on any atom is -0.338 e. The highest BCUT2D eigenvalue weighted by Crippen LogP contribution is 2.21. The number of likely N-dealkylation sites (tertiary alicyclic amines) is 1. The Morgan fingerprint density at radius 2 is 2.14 bits per heavy atom. The van der Waals surface area contributed by atoms with Crippen molar-refractivity contribution in [1.82, 2.24) is 4.90 Å². The van der Waals surface area contributed by atoms with Gasteiger partial charge in [-0.3, -0.25) is 4.79 Å². The molecule has 1 aliphatic heterocycles. The van der Waals surface area contributed by atoms with Gasteiger partial charge in [-0.25, -0.2) is 0 Å². The monoisotopic (exact) mass is 253 g/mol. The first-order chi connectivity index (χ1) is 6.68. The van der Waals surface area contributed by atoms with Gasteiger partial charge in [0.15, 0.2) is 0 Å². The Morgan fingerprint density at radius 3 is 2.64 bits per heavy atom. The molecule has 0 aromatic heterocycles. The van der Waals surface area contributed by atoms with Crippen molar-refractivity contribution in [1.29, 1.82) is 0 Å². The molecule has 1 heterocycles. The van der Waals surface area contributed by atoms with Crippen LogP contribution in [0.25, 0.3) is 0 Å². The number of hydrogen-bond acceptors (Lipinski definition) is 1. The van der Waals surface area contributed by atoms with Crippen LogP contribution in [0.1, 0.15) is 22.3 Å². The lowest BCUT2D eigenvalue weighted by Crippen LogP contribution is -2.42. The number of halogens is 1. The summed E-state index contributed by atoms with van der Waals surface area (Å²) in [6.45, 7) is 3.82. The van der Waals surface area contributed by atoms with Crippen LogP contribution in [-0.4, -0.2) is 23.9 Å². The molecule has 0 saturated carbocycles. The molecule has 74 valence electrons. The van der Waals surface area contributed by atoms with Gasteiger partial charge in [0.25, 0.3) is 5.91 Å². The van der Waals surface area contributed by atoms with Crippen molar-refractivity contribution in [2.75, 3.05) is 13.1 Å². The molecule has 1 saturated heterocycles. The SMILES string of the molecule is Cc1ccc(C(=O)N2CCC2)c(Br)c1. The molecular weight excluding hydrogens is 242 g/mol. The van der Waals surface area contributed by atoms with Gasteiger partial charge in [0, 0.05) is 17.6 Å². The Hall–Kier alpha value is -0.830. The Balaban J connectivity index is 2.26. The van der Waals surface area contributed by atoms with Gasteiger partial charge in [0.1, 0.15) is 0 Å². The van der Waals surface area contributed by atoms with Crippen molar-refractivity contribution < 1.29 is 4.79 Å². The first kappa shape index (κ1) is 9.71. The highest BCUT2D eigenvalue weighted by atomic mass is 79.9. The average molecular weight is 254 g/mol. The van der Waals surface area contributed by atoms with E-state index in [0.717, 1.165) is 35.1 Å². The van der Waals surface area contributed by atoms with E-state index < -0.39 is 0 Å². The molecule has 1 aromatic rings. The molecule has 0 unspecified atom stereocenters. The smallest absolute Gasteiger partial charge is 0.254 e. The summed E-state index contributed by atoms with van der Waals surface area (Å²) in [4.78, 5) is 13.7. The number of aryl methyl sites for hydroxylation is 1. The number of nitrogens with zero attached hydrogens (tertiary/aromatic N) is 1. The van der Waals surface area contributed by atoms with Crippen molar-refractivity contribution in [2.24, 2.45) is 0 Å². The first-order valence-electron chi connectivity index (χ1n) is 4.74. The normalized spacial score (nSPS) is 15.1. The predicted octanol–water partition coefficient (Wildman–Crippen LogP) is 2.60. The van der Waals surface area contributed by atoms with Crippen molar-refractivity contribution in [3.63, 3.8) is 0 Å². The summed E-state index contributed by atoms with van der Waals surface area (Å²) in [6.07, 6.45) is 1.13. The third-order valence-corrected chi connectivity index (χ3v) is 3.15. The molecule has 0 aliphatic carbocycles. The van der Waals surface area contributed by atoms with E-state index in [0.29, 0.717) is 0 Å². The number of hydrogen-bond donors (Lipinski definition) is 0. The summed E-state index contributed by atoms with van der Waals surface area (Å²) in [5.74, 6) is 0.142. The van der Waals surface area contributed by atoms with Crippen LogP contribution in [0.4, 0.5) is 0 Å². The molecule has 1 amide bonds.